The molecule has 0 fully saturated rings. The second-order valence-electron chi connectivity index (χ2n) is 13.0. The fourth-order valence-electron chi connectivity index (χ4n) is 3.85. The van der Waals surface area contributed by atoms with Crippen molar-refractivity contribution in [3.63, 3.8) is 0 Å². The van der Waals surface area contributed by atoms with Crippen LogP contribution in [-0.2, 0) is 30.3 Å². The largest absolute Gasteiger partial charge is 0.512 e. The van der Waals surface area contributed by atoms with Crippen LogP contribution in [-0.4, -0.2) is 20.9 Å². The Morgan fingerprint density at radius 3 is 2.08 bits per heavy atom. The second-order valence-corrected chi connectivity index (χ2v) is 13.0. The smallest absolute Gasteiger partial charge is 0.164 e. The van der Waals surface area contributed by atoms with Crippen molar-refractivity contribution < 1.29 is 30.0 Å². The van der Waals surface area contributed by atoms with Crippen molar-refractivity contribution in [1.29, 1.82) is 0 Å². The topological polar surface area (TPSA) is 63.1 Å². The van der Waals surface area contributed by atoms with Crippen LogP contribution in [0.5, 0.6) is 0 Å². The summed E-state index contributed by atoms with van der Waals surface area (Å²) in [6, 6.07) is 20.5. The van der Waals surface area contributed by atoms with E-state index in [0.29, 0.717) is 0 Å². The normalized spacial score (nSPS) is 12.5. The Bertz CT molecular complexity index is 1500. The van der Waals surface area contributed by atoms with E-state index in [9.17, 15) is 9.90 Å². The Hall–Kier alpha value is -2.88. The first kappa shape index (κ1) is 32.3. The van der Waals surface area contributed by atoms with Gasteiger partial charge in [-0.05, 0) is 21.9 Å². The summed E-state index contributed by atoms with van der Waals surface area (Å²) in [5, 5.41) is 13.0. The number of nitrogens with zero attached hydrogens (tertiary/aromatic N) is 2. The van der Waals surface area contributed by atoms with Crippen LogP contribution in [0.15, 0.2) is 66.7 Å². The number of hydrogen-bond acceptors (Lipinski definition) is 4. The molecular weight excluding hydrogens is 661 g/mol. The summed E-state index contributed by atoms with van der Waals surface area (Å²) in [4.78, 5) is 20.7. The molecule has 5 heteroatoms. The first-order chi connectivity index (χ1) is 17.5. The number of carbonyl (C=O) groups excluding carboxylic acids is 1. The third-order valence-corrected chi connectivity index (χ3v) is 6.43. The molecule has 4 rings (SSSR count). The van der Waals surface area contributed by atoms with Gasteiger partial charge in [-0.1, -0.05) is 106 Å². The fourth-order valence-corrected chi connectivity index (χ4v) is 3.85. The molecule has 1 heterocycles. The number of aromatic nitrogens is 2. The number of fused-ring (bicyclic) bond motifs is 3. The minimum absolute atomic E-state index is 0. The average molecular weight is 702 g/mol. The van der Waals surface area contributed by atoms with E-state index in [1.54, 1.807) is 6.33 Å². The standard InChI is InChI=1S/C23H21N2.C11H20O2.Ir/c1-15-11-17(13-18(12-15)23(2,3)4)21-20-10-9-16-7-5-6-8-19(16)22(20)25-14-24-21;1-10(2,3)8(12)7-9(13)11(4,5)6;/h5-10,12-14H,1-4H3;7,12H,1-6H3;/q-1;;/b;8-7-;. The Kier molecular flexibility index (Phi) is 10.0. The van der Waals surface area contributed by atoms with Gasteiger partial charge in [-0.2, -0.15) is 0 Å². The molecule has 39 heavy (non-hydrogen) atoms. The molecule has 0 spiro atoms. The summed E-state index contributed by atoms with van der Waals surface area (Å²) in [6.45, 7) is 19.9. The molecule has 1 N–H and O–H groups in total. The maximum Gasteiger partial charge on any atom is 0.164 e. The van der Waals surface area contributed by atoms with Gasteiger partial charge >= 0.3 is 0 Å². The van der Waals surface area contributed by atoms with Crippen LogP contribution < -0.4 is 0 Å². The van der Waals surface area contributed by atoms with Crippen molar-refractivity contribution in [3.05, 3.63) is 83.9 Å². The Balaban J connectivity index is 0.000000328. The summed E-state index contributed by atoms with van der Waals surface area (Å²) < 4.78 is 0. The molecule has 3 aromatic carbocycles. The summed E-state index contributed by atoms with van der Waals surface area (Å²) in [5.74, 6) is 0.104. The molecule has 0 aliphatic rings. The molecule has 0 saturated heterocycles. The molecule has 209 valence electrons. The van der Waals surface area contributed by atoms with E-state index < -0.39 is 5.41 Å². The third-order valence-electron chi connectivity index (χ3n) is 6.43. The number of carbonyl (C=O) groups is 1. The van der Waals surface area contributed by atoms with Crippen LogP contribution in [0.2, 0.25) is 0 Å². The van der Waals surface area contributed by atoms with Crippen LogP contribution in [0, 0.1) is 23.8 Å². The number of allylic oxidation sites excluding steroid dienone is 2. The Morgan fingerprint density at radius 1 is 0.846 bits per heavy atom. The van der Waals surface area contributed by atoms with Crippen LogP contribution in [0.3, 0.4) is 0 Å². The zero-order valence-corrected chi connectivity index (χ0v) is 27.3. The van der Waals surface area contributed by atoms with Crippen LogP contribution in [0.1, 0.15) is 73.4 Å². The summed E-state index contributed by atoms with van der Waals surface area (Å²) >= 11 is 0. The van der Waals surface area contributed by atoms with Crippen molar-refractivity contribution in [2.45, 2.75) is 74.7 Å². The number of aliphatic hydroxyl groups excluding tert-OH is 1. The van der Waals surface area contributed by atoms with Crippen LogP contribution in [0.25, 0.3) is 32.9 Å². The molecule has 1 aromatic heterocycles. The predicted molar refractivity (Wildman–Crippen MR) is 159 cm³/mol. The quantitative estimate of drug-likeness (QED) is 0.0982. The third kappa shape index (κ3) is 8.06. The SMILES string of the molecule is CC(C)(C)C(=O)/C=C(\O)C(C)(C)C.Cc1[c-]c(-c2ncnc3c2ccc2ccccc23)cc(C(C)(C)C)c1.[Ir]. The Morgan fingerprint density at radius 2 is 1.49 bits per heavy atom. The second kappa shape index (κ2) is 12.1. The number of aliphatic hydroxyl groups is 1. The number of rotatable bonds is 2. The van der Waals surface area contributed by atoms with Crippen molar-refractivity contribution in [2.75, 3.05) is 0 Å². The molecule has 0 bridgehead atoms. The minimum atomic E-state index is -0.417. The number of ketones is 1. The molecule has 0 unspecified atom stereocenters. The van der Waals surface area contributed by atoms with Crippen molar-refractivity contribution in [2.24, 2.45) is 10.8 Å². The summed E-state index contributed by atoms with van der Waals surface area (Å²) in [6.07, 6.45) is 3.00. The molecular formula is C34H41IrN2O2-. The first-order valence-electron chi connectivity index (χ1n) is 13.1. The molecule has 0 amide bonds. The van der Waals surface area contributed by atoms with Crippen LogP contribution in [0.4, 0.5) is 0 Å². The van der Waals surface area contributed by atoms with Gasteiger partial charge < -0.3 is 5.11 Å². The van der Waals surface area contributed by atoms with E-state index in [1.165, 1.54) is 17.0 Å². The first-order valence-corrected chi connectivity index (χ1v) is 13.1. The van der Waals surface area contributed by atoms with E-state index in [2.05, 4.69) is 92.3 Å². The van der Waals surface area contributed by atoms with E-state index >= 15 is 0 Å². The molecule has 0 aliphatic heterocycles. The van der Waals surface area contributed by atoms with E-state index in [0.717, 1.165) is 33.1 Å². The maximum absolute atomic E-state index is 11.5. The molecule has 0 saturated carbocycles. The van der Waals surface area contributed by atoms with Crippen molar-refractivity contribution >= 4 is 27.5 Å². The zero-order valence-electron chi connectivity index (χ0n) is 24.9. The molecule has 1 radical (unpaired) electrons. The number of aryl methyl sites for hydroxylation is 1. The van der Waals surface area contributed by atoms with Crippen molar-refractivity contribution in [1.82, 2.24) is 9.97 Å². The minimum Gasteiger partial charge on any atom is -0.512 e. The number of hydrogen-bond donors (Lipinski definition) is 1. The molecule has 0 atom stereocenters. The van der Waals surface area contributed by atoms with Crippen molar-refractivity contribution in [3.8, 4) is 11.3 Å². The van der Waals surface area contributed by atoms with Crippen LogP contribution >= 0.6 is 0 Å². The van der Waals surface area contributed by atoms with Gasteiger partial charge in [0.15, 0.2) is 5.78 Å². The number of benzene rings is 3. The van der Waals surface area contributed by atoms with Gasteiger partial charge in [-0.15, -0.1) is 34.9 Å². The van der Waals surface area contributed by atoms with Gasteiger partial charge in [-0.25, -0.2) is 4.98 Å². The Labute approximate surface area is 247 Å². The molecule has 4 aromatic rings. The molecule has 0 aliphatic carbocycles. The maximum atomic E-state index is 11.5. The van der Waals surface area contributed by atoms with Gasteiger partial charge in [0, 0.05) is 42.4 Å². The zero-order chi connectivity index (χ0) is 28.5. The van der Waals surface area contributed by atoms with Gasteiger partial charge in [-0.3, -0.25) is 9.78 Å². The monoisotopic (exact) mass is 702 g/mol. The van der Waals surface area contributed by atoms with Gasteiger partial charge in [0.2, 0.25) is 0 Å². The summed E-state index contributed by atoms with van der Waals surface area (Å²) in [5.41, 5.74) is 4.73. The van der Waals surface area contributed by atoms with Gasteiger partial charge in [0.05, 0.1) is 5.52 Å². The van der Waals surface area contributed by atoms with E-state index in [-0.39, 0.29) is 42.5 Å². The average Bonchev–Trinajstić information content (AvgIpc) is 2.81. The predicted octanol–water partition coefficient (Wildman–Crippen LogP) is 8.94. The van der Waals surface area contributed by atoms with Gasteiger partial charge in [0.25, 0.3) is 0 Å². The fraction of sp³-hybridized carbons (Fsp3) is 0.382. The molecule has 4 nitrogen and oxygen atoms in total. The van der Waals surface area contributed by atoms with E-state index in [4.69, 9.17) is 0 Å². The van der Waals surface area contributed by atoms with E-state index in [1.807, 2.05) is 41.5 Å². The van der Waals surface area contributed by atoms with Gasteiger partial charge in [0.1, 0.15) is 12.1 Å². The summed E-state index contributed by atoms with van der Waals surface area (Å²) in [7, 11) is 0.